The van der Waals surface area contributed by atoms with Crippen LogP contribution >= 0.6 is 0 Å². The van der Waals surface area contributed by atoms with Gasteiger partial charge in [-0.2, -0.15) is 5.26 Å². The highest BCUT2D eigenvalue weighted by Gasteiger charge is 2.06. The van der Waals surface area contributed by atoms with Crippen LogP contribution in [0, 0.1) is 17.1 Å². The van der Waals surface area contributed by atoms with Crippen molar-refractivity contribution in [3.05, 3.63) is 46.0 Å². The lowest BCUT2D eigenvalue weighted by Crippen LogP contribution is -2.05. The van der Waals surface area contributed by atoms with Crippen LogP contribution in [0.1, 0.15) is 5.56 Å². The molecule has 2 rings (SSSR count). The number of pyridine rings is 1. The Morgan fingerprint density at radius 3 is 2.93 bits per heavy atom. The summed E-state index contributed by atoms with van der Waals surface area (Å²) < 4.78 is 13.3. The summed E-state index contributed by atoms with van der Waals surface area (Å²) in [7, 11) is 0. The number of aromatic amines is 1. The van der Waals surface area contributed by atoms with Gasteiger partial charge in [0.05, 0.1) is 22.5 Å². The largest absolute Gasteiger partial charge is 0.322 e. The number of aromatic nitrogens is 1. The van der Waals surface area contributed by atoms with Crippen LogP contribution < -0.4 is 5.56 Å². The molecule has 2 aromatic rings. The third-order valence-electron chi connectivity index (χ3n) is 1.94. The van der Waals surface area contributed by atoms with Crippen LogP contribution in [0.5, 0.6) is 0 Å². The molecule has 0 aliphatic rings. The number of hydrogen-bond acceptors (Lipinski definition) is 2. The number of fused-ring (bicyclic) bond motifs is 1. The van der Waals surface area contributed by atoms with E-state index in [0.29, 0.717) is 5.52 Å². The van der Waals surface area contributed by atoms with Crippen molar-refractivity contribution in [3.63, 3.8) is 0 Å². The molecule has 0 radical (unpaired) electrons. The number of nitriles is 1. The van der Waals surface area contributed by atoms with Gasteiger partial charge in [-0.3, -0.25) is 4.79 Å². The first kappa shape index (κ1) is 8.45. The average molecular weight is 188 g/mol. The number of H-pyrrole nitrogens is 1. The average Bonchev–Trinajstić information content (AvgIpc) is 2.16. The second-order valence-corrected chi connectivity index (χ2v) is 2.82. The molecule has 1 heterocycles. The van der Waals surface area contributed by atoms with E-state index in [4.69, 9.17) is 5.26 Å². The molecule has 0 aliphatic carbocycles. The quantitative estimate of drug-likeness (QED) is 0.681. The summed E-state index contributed by atoms with van der Waals surface area (Å²) in [5, 5.41) is 8.88. The summed E-state index contributed by atoms with van der Waals surface area (Å²) >= 11 is 0. The summed E-state index contributed by atoms with van der Waals surface area (Å²) in [6.45, 7) is 0. The Morgan fingerprint density at radius 2 is 2.21 bits per heavy atom. The number of hydrogen-bond donors (Lipinski definition) is 1. The van der Waals surface area contributed by atoms with Gasteiger partial charge in [0.2, 0.25) is 0 Å². The lowest BCUT2D eigenvalue weighted by atomic mass is 10.1. The fourth-order valence-corrected chi connectivity index (χ4v) is 1.36. The van der Waals surface area contributed by atoms with E-state index in [1.807, 2.05) is 6.07 Å². The number of halogens is 1. The van der Waals surface area contributed by atoms with Gasteiger partial charge in [0.15, 0.2) is 0 Å². The maximum absolute atomic E-state index is 13.3. The predicted molar refractivity (Wildman–Crippen MR) is 49.2 cm³/mol. The van der Waals surface area contributed by atoms with Crippen molar-refractivity contribution in [2.75, 3.05) is 0 Å². The van der Waals surface area contributed by atoms with Gasteiger partial charge in [-0.15, -0.1) is 0 Å². The normalized spacial score (nSPS) is 10.0. The molecule has 0 unspecified atom stereocenters. The van der Waals surface area contributed by atoms with E-state index in [2.05, 4.69) is 4.98 Å². The molecule has 4 heteroatoms. The molecule has 0 saturated carbocycles. The third-order valence-corrected chi connectivity index (χ3v) is 1.94. The molecule has 1 aromatic carbocycles. The van der Waals surface area contributed by atoms with E-state index in [9.17, 15) is 9.18 Å². The topological polar surface area (TPSA) is 56.6 Å². The van der Waals surface area contributed by atoms with Crippen molar-refractivity contribution in [3.8, 4) is 6.07 Å². The van der Waals surface area contributed by atoms with E-state index in [1.54, 1.807) is 12.1 Å². The first-order valence-electron chi connectivity index (χ1n) is 3.94. The molecular formula is C10H5FN2O. The number of benzene rings is 1. The summed E-state index contributed by atoms with van der Waals surface area (Å²) in [5.74, 6) is -0.666. The van der Waals surface area contributed by atoms with E-state index >= 15 is 0 Å². The monoisotopic (exact) mass is 188 g/mol. The molecule has 0 aliphatic heterocycles. The minimum Gasteiger partial charge on any atom is -0.322 e. The second-order valence-electron chi connectivity index (χ2n) is 2.82. The van der Waals surface area contributed by atoms with Gasteiger partial charge >= 0.3 is 0 Å². The van der Waals surface area contributed by atoms with Gasteiger partial charge in [-0.1, -0.05) is 6.07 Å². The summed E-state index contributed by atoms with van der Waals surface area (Å²) in [6.07, 6.45) is 0. The highest BCUT2D eigenvalue weighted by Crippen LogP contribution is 2.17. The van der Waals surface area contributed by atoms with Crippen LogP contribution in [-0.4, -0.2) is 4.98 Å². The van der Waals surface area contributed by atoms with Crippen molar-refractivity contribution in [2.45, 2.75) is 0 Å². The number of nitrogens with zero attached hydrogens (tertiary/aromatic N) is 1. The third kappa shape index (κ3) is 1.15. The minimum atomic E-state index is -0.666. The fourth-order valence-electron chi connectivity index (χ4n) is 1.36. The van der Waals surface area contributed by atoms with E-state index in [0.717, 1.165) is 6.07 Å². The second kappa shape index (κ2) is 2.96. The van der Waals surface area contributed by atoms with Crippen molar-refractivity contribution < 1.29 is 4.39 Å². The zero-order chi connectivity index (χ0) is 10.1. The van der Waals surface area contributed by atoms with Gasteiger partial charge in [0.1, 0.15) is 5.82 Å². The highest BCUT2D eigenvalue weighted by molar-refractivity contribution is 5.84. The summed E-state index contributed by atoms with van der Waals surface area (Å²) in [6, 6.07) is 7.36. The Morgan fingerprint density at radius 1 is 1.43 bits per heavy atom. The first-order chi connectivity index (χ1) is 6.72. The molecule has 0 amide bonds. The Bertz CT molecular complexity index is 595. The number of rotatable bonds is 0. The lowest BCUT2D eigenvalue weighted by molar-refractivity contribution is 0.636. The SMILES string of the molecule is N#Cc1cccc2[nH]c(=O)cc(F)c12. The fraction of sp³-hybridized carbons (Fsp3) is 0. The van der Waals surface area contributed by atoms with E-state index < -0.39 is 11.4 Å². The highest BCUT2D eigenvalue weighted by atomic mass is 19.1. The van der Waals surface area contributed by atoms with E-state index in [1.165, 1.54) is 6.07 Å². The van der Waals surface area contributed by atoms with Gasteiger partial charge < -0.3 is 4.98 Å². The van der Waals surface area contributed by atoms with Gasteiger partial charge in [0.25, 0.3) is 5.56 Å². The molecule has 3 nitrogen and oxygen atoms in total. The summed E-state index contributed by atoms with van der Waals surface area (Å²) in [5.41, 5.74) is 0.0513. The van der Waals surface area contributed by atoms with Crippen LogP contribution in [-0.2, 0) is 0 Å². The Kier molecular flexibility index (Phi) is 1.79. The standard InChI is InChI=1S/C10H5FN2O/c11-7-4-9(14)13-8-3-1-2-6(5-12)10(7)8/h1-4H,(H,13,14). The van der Waals surface area contributed by atoms with Crippen molar-refractivity contribution in [1.82, 2.24) is 4.98 Å². The van der Waals surface area contributed by atoms with E-state index in [-0.39, 0.29) is 10.9 Å². The molecule has 0 spiro atoms. The van der Waals surface area contributed by atoms with Crippen LogP contribution in [0.2, 0.25) is 0 Å². The molecule has 0 fully saturated rings. The van der Waals surface area contributed by atoms with Crippen molar-refractivity contribution >= 4 is 10.9 Å². The predicted octanol–water partition coefficient (Wildman–Crippen LogP) is 1.54. The Hall–Kier alpha value is -2.15. The lowest BCUT2D eigenvalue weighted by Gasteiger charge is -1.99. The zero-order valence-corrected chi connectivity index (χ0v) is 7.04. The minimum absolute atomic E-state index is 0.162. The number of nitrogens with one attached hydrogen (secondary N) is 1. The smallest absolute Gasteiger partial charge is 0.251 e. The summed E-state index contributed by atoms with van der Waals surface area (Å²) in [4.78, 5) is 13.4. The Labute approximate surface area is 78.4 Å². The van der Waals surface area contributed by atoms with Gasteiger partial charge in [-0.05, 0) is 12.1 Å². The van der Waals surface area contributed by atoms with Crippen molar-refractivity contribution in [1.29, 1.82) is 5.26 Å². The molecule has 14 heavy (non-hydrogen) atoms. The van der Waals surface area contributed by atoms with Crippen molar-refractivity contribution in [2.24, 2.45) is 0 Å². The maximum atomic E-state index is 13.3. The maximum Gasteiger partial charge on any atom is 0.251 e. The van der Waals surface area contributed by atoms with Crippen LogP contribution in [0.15, 0.2) is 29.1 Å². The molecule has 0 atom stereocenters. The zero-order valence-electron chi connectivity index (χ0n) is 7.04. The Balaban J connectivity index is 3.03. The molecule has 0 saturated heterocycles. The molecule has 0 bridgehead atoms. The van der Waals surface area contributed by atoms with Crippen LogP contribution in [0.4, 0.5) is 4.39 Å². The molecule has 1 N–H and O–H groups in total. The first-order valence-corrected chi connectivity index (χ1v) is 3.94. The van der Waals surface area contributed by atoms with Crippen LogP contribution in [0.3, 0.4) is 0 Å². The molecule has 1 aromatic heterocycles. The van der Waals surface area contributed by atoms with Gasteiger partial charge in [0, 0.05) is 6.07 Å². The molecular weight excluding hydrogens is 183 g/mol. The van der Waals surface area contributed by atoms with Crippen LogP contribution in [0.25, 0.3) is 10.9 Å². The van der Waals surface area contributed by atoms with Gasteiger partial charge in [-0.25, -0.2) is 4.39 Å². The molecule has 68 valence electrons.